The second-order valence-electron chi connectivity index (χ2n) is 9.42. The minimum absolute atomic E-state index is 0.550. The van der Waals surface area contributed by atoms with Gasteiger partial charge in [-0.3, -0.25) is 4.90 Å². The summed E-state index contributed by atoms with van der Waals surface area (Å²) in [4.78, 5) is 7.61. The van der Waals surface area contributed by atoms with Gasteiger partial charge in [-0.05, 0) is 75.5 Å². The molecule has 1 unspecified atom stereocenters. The molecule has 4 nitrogen and oxygen atoms in total. The molecule has 4 heteroatoms. The van der Waals surface area contributed by atoms with Crippen molar-refractivity contribution < 1.29 is 4.74 Å². The Labute approximate surface area is 204 Å². The number of ether oxygens (including phenoxy) is 1. The number of anilines is 3. The van der Waals surface area contributed by atoms with Gasteiger partial charge in [0, 0.05) is 49.2 Å². The first-order chi connectivity index (χ1) is 16.8. The van der Waals surface area contributed by atoms with Crippen LogP contribution in [0.1, 0.15) is 37.8 Å². The third-order valence-electron chi connectivity index (χ3n) is 7.47. The number of rotatable bonds is 8. The Morgan fingerprint density at radius 3 is 2.41 bits per heavy atom. The van der Waals surface area contributed by atoms with Crippen molar-refractivity contribution in [3.8, 4) is 5.75 Å². The molecule has 0 radical (unpaired) electrons. The minimum atomic E-state index is 0.550. The largest absolute Gasteiger partial charge is 0.487 e. The van der Waals surface area contributed by atoms with Gasteiger partial charge in [0.25, 0.3) is 0 Å². The number of fused-ring (bicyclic) bond motifs is 2. The van der Waals surface area contributed by atoms with E-state index in [1.54, 1.807) is 0 Å². The Kier molecular flexibility index (Phi) is 7.05. The lowest BCUT2D eigenvalue weighted by molar-refractivity contribution is 0.261. The fraction of sp³-hybridized carbons (Fsp3) is 0.400. The van der Waals surface area contributed by atoms with Crippen molar-refractivity contribution in [3.63, 3.8) is 0 Å². The Morgan fingerprint density at radius 2 is 1.62 bits per heavy atom. The van der Waals surface area contributed by atoms with Crippen LogP contribution in [0.2, 0.25) is 0 Å². The van der Waals surface area contributed by atoms with Crippen molar-refractivity contribution in [1.82, 2.24) is 4.90 Å². The van der Waals surface area contributed by atoms with Gasteiger partial charge in [-0.15, -0.1) is 0 Å². The number of hydrogen-bond acceptors (Lipinski definition) is 4. The first kappa shape index (κ1) is 22.8. The predicted molar refractivity (Wildman–Crippen MR) is 143 cm³/mol. The van der Waals surface area contributed by atoms with Crippen LogP contribution in [-0.2, 0) is 13.0 Å². The second-order valence-corrected chi connectivity index (χ2v) is 9.42. The van der Waals surface area contributed by atoms with Gasteiger partial charge < -0.3 is 14.5 Å². The topological polar surface area (TPSA) is 19.0 Å². The molecule has 0 aromatic heterocycles. The van der Waals surface area contributed by atoms with E-state index in [1.165, 1.54) is 47.6 Å². The molecule has 5 rings (SSSR count). The van der Waals surface area contributed by atoms with Gasteiger partial charge in [0.05, 0.1) is 5.69 Å². The van der Waals surface area contributed by atoms with E-state index < -0.39 is 0 Å². The number of likely N-dealkylation sites (tertiary alicyclic amines) is 1. The normalized spacial score (nSPS) is 17.6. The molecule has 1 atom stereocenters. The fourth-order valence-electron chi connectivity index (χ4n) is 5.52. The lowest BCUT2D eigenvalue weighted by Crippen LogP contribution is -2.39. The monoisotopic (exact) mass is 455 g/mol. The summed E-state index contributed by atoms with van der Waals surface area (Å²) in [7, 11) is 0. The zero-order chi connectivity index (χ0) is 23.3. The van der Waals surface area contributed by atoms with Gasteiger partial charge in [0.15, 0.2) is 0 Å². The standard InChI is InChI=1S/C30H37N3O/c1-3-31(4-2)26-17-15-24(16-18-26)19-21-32-20-9-11-27(32)22-33-28-12-6-5-10-25(28)23-34-30-14-8-7-13-29(30)33/h5-8,10,12-18,27H,3-4,9,11,19-23H2,1-2H3. The molecule has 0 amide bonds. The van der Waals surface area contributed by atoms with Crippen LogP contribution in [0, 0.1) is 0 Å². The summed E-state index contributed by atoms with van der Waals surface area (Å²) < 4.78 is 6.19. The van der Waals surface area contributed by atoms with Gasteiger partial charge in [-0.25, -0.2) is 0 Å². The van der Waals surface area contributed by atoms with E-state index in [0.29, 0.717) is 12.6 Å². The molecule has 1 saturated heterocycles. The Bertz CT molecular complexity index is 1030. The van der Waals surface area contributed by atoms with Gasteiger partial charge >= 0.3 is 0 Å². The summed E-state index contributed by atoms with van der Waals surface area (Å²) in [5.41, 5.74) is 6.49. The first-order valence-electron chi connectivity index (χ1n) is 12.9. The zero-order valence-corrected chi connectivity index (χ0v) is 20.6. The molecule has 34 heavy (non-hydrogen) atoms. The number of para-hydroxylation sites is 3. The molecule has 0 N–H and O–H groups in total. The lowest BCUT2D eigenvalue weighted by Gasteiger charge is -2.32. The smallest absolute Gasteiger partial charge is 0.143 e. The molecule has 3 aromatic rings. The maximum atomic E-state index is 6.19. The lowest BCUT2D eigenvalue weighted by atomic mass is 10.1. The van der Waals surface area contributed by atoms with Gasteiger partial charge in [0.1, 0.15) is 12.4 Å². The molecule has 2 aliphatic rings. The minimum Gasteiger partial charge on any atom is -0.487 e. The van der Waals surface area contributed by atoms with E-state index in [9.17, 15) is 0 Å². The van der Waals surface area contributed by atoms with Crippen molar-refractivity contribution in [1.29, 1.82) is 0 Å². The molecule has 0 saturated carbocycles. The molecule has 1 fully saturated rings. The fourth-order valence-corrected chi connectivity index (χ4v) is 5.52. The summed E-state index contributed by atoms with van der Waals surface area (Å²) in [6.07, 6.45) is 3.63. The average Bonchev–Trinajstić information content (AvgIpc) is 3.27. The third kappa shape index (κ3) is 4.78. The van der Waals surface area contributed by atoms with E-state index in [4.69, 9.17) is 4.74 Å². The molecule has 2 aliphatic heterocycles. The van der Waals surface area contributed by atoms with Crippen LogP contribution in [0.15, 0.2) is 72.8 Å². The summed E-state index contributed by atoms with van der Waals surface area (Å²) in [6.45, 7) is 10.5. The van der Waals surface area contributed by atoms with E-state index in [2.05, 4.69) is 101 Å². The summed E-state index contributed by atoms with van der Waals surface area (Å²) in [5.74, 6) is 0.983. The van der Waals surface area contributed by atoms with Crippen LogP contribution in [0.25, 0.3) is 0 Å². The Hall–Kier alpha value is -2.98. The van der Waals surface area contributed by atoms with Gasteiger partial charge in [-0.2, -0.15) is 0 Å². The summed E-state index contributed by atoms with van der Waals surface area (Å²) >= 11 is 0. The molecular formula is C30H37N3O. The van der Waals surface area contributed by atoms with Crippen LogP contribution < -0.4 is 14.5 Å². The molecular weight excluding hydrogens is 418 g/mol. The van der Waals surface area contributed by atoms with E-state index in [-0.39, 0.29) is 0 Å². The van der Waals surface area contributed by atoms with Crippen molar-refractivity contribution in [2.75, 3.05) is 42.5 Å². The van der Waals surface area contributed by atoms with Crippen LogP contribution in [0.4, 0.5) is 17.1 Å². The summed E-state index contributed by atoms with van der Waals surface area (Å²) in [6, 6.07) is 27.0. The van der Waals surface area contributed by atoms with Gasteiger partial charge in [0.2, 0.25) is 0 Å². The van der Waals surface area contributed by atoms with Crippen LogP contribution in [-0.4, -0.2) is 43.7 Å². The van der Waals surface area contributed by atoms with Crippen molar-refractivity contribution in [2.45, 2.75) is 45.8 Å². The molecule has 0 aliphatic carbocycles. The zero-order valence-electron chi connectivity index (χ0n) is 20.6. The highest BCUT2D eigenvalue weighted by molar-refractivity contribution is 5.72. The molecule has 0 spiro atoms. The van der Waals surface area contributed by atoms with Crippen LogP contribution >= 0.6 is 0 Å². The number of hydrogen-bond donors (Lipinski definition) is 0. The van der Waals surface area contributed by atoms with Crippen LogP contribution in [0.5, 0.6) is 5.75 Å². The molecule has 3 aromatic carbocycles. The van der Waals surface area contributed by atoms with Crippen molar-refractivity contribution >= 4 is 17.1 Å². The van der Waals surface area contributed by atoms with Crippen molar-refractivity contribution in [3.05, 3.63) is 83.9 Å². The highest BCUT2D eigenvalue weighted by Gasteiger charge is 2.29. The van der Waals surface area contributed by atoms with Crippen LogP contribution in [0.3, 0.4) is 0 Å². The second kappa shape index (κ2) is 10.5. The first-order valence-corrected chi connectivity index (χ1v) is 12.9. The average molecular weight is 456 g/mol. The maximum Gasteiger partial charge on any atom is 0.143 e. The summed E-state index contributed by atoms with van der Waals surface area (Å²) in [5, 5.41) is 0. The highest BCUT2D eigenvalue weighted by atomic mass is 16.5. The SMILES string of the molecule is CCN(CC)c1ccc(CCN2CCCC2CN2c3ccccc3COc3ccccc32)cc1. The molecule has 178 valence electrons. The highest BCUT2D eigenvalue weighted by Crippen LogP contribution is 2.40. The van der Waals surface area contributed by atoms with E-state index in [0.717, 1.165) is 38.3 Å². The Morgan fingerprint density at radius 1 is 0.882 bits per heavy atom. The molecule has 2 heterocycles. The number of nitrogens with zero attached hydrogens (tertiary/aromatic N) is 3. The van der Waals surface area contributed by atoms with E-state index >= 15 is 0 Å². The third-order valence-corrected chi connectivity index (χ3v) is 7.47. The predicted octanol–water partition coefficient (Wildman–Crippen LogP) is 6.27. The Balaban J connectivity index is 1.30. The molecule has 0 bridgehead atoms. The van der Waals surface area contributed by atoms with Gasteiger partial charge in [-0.1, -0.05) is 42.5 Å². The van der Waals surface area contributed by atoms with Crippen molar-refractivity contribution in [2.24, 2.45) is 0 Å². The maximum absolute atomic E-state index is 6.19. The number of benzene rings is 3. The van der Waals surface area contributed by atoms with E-state index in [1.807, 2.05) is 0 Å². The quantitative estimate of drug-likeness (QED) is 0.398.